The quantitative estimate of drug-likeness (QED) is 0.831. The molecule has 3 heteroatoms. The predicted molar refractivity (Wildman–Crippen MR) is 77.5 cm³/mol. The van der Waals surface area contributed by atoms with Crippen LogP contribution in [0.4, 0.5) is 0 Å². The van der Waals surface area contributed by atoms with E-state index >= 15 is 0 Å². The zero-order valence-electron chi connectivity index (χ0n) is 10.5. The maximum absolute atomic E-state index is 9.97. The normalized spacial score (nSPS) is 22.6. The van der Waals surface area contributed by atoms with Crippen molar-refractivity contribution >= 4 is 11.8 Å². The number of aliphatic hydroxyl groups excluding tert-OH is 1. The van der Waals surface area contributed by atoms with Gasteiger partial charge in [-0.3, -0.25) is 0 Å². The average molecular weight is 272 g/mol. The van der Waals surface area contributed by atoms with Crippen LogP contribution < -0.4 is 0 Å². The number of phenols is 1. The van der Waals surface area contributed by atoms with E-state index in [1.165, 1.54) is 11.1 Å². The van der Waals surface area contributed by atoms with Gasteiger partial charge in [0.05, 0.1) is 0 Å². The largest absolute Gasteiger partial charge is 0.508 e. The fourth-order valence-electron chi connectivity index (χ4n) is 2.60. The summed E-state index contributed by atoms with van der Waals surface area (Å²) < 4.78 is 0. The van der Waals surface area contributed by atoms with E-state index in [-0.39, 0.29) is 5.44 Å². The minimum Gasteiger partial charge on any atom is -0.508 e. The molecule has 0 radical (unpaired) electrons. The van der Waals surface area contributed by atoms with Gasteiger partial charge in [0, 0.05) is 10.8 Å². The zero-order valence-corrected chi connectivity index (χ0v) is 11.3. The summed E-state index contributed by atoms with van der Waals surface area (Å²) >= 11 is 1.54. The molecule has 1 aliphatic rings. The van der Waals surface area contributed by atoms with Crippen molar-refractivity contribution in [1.82, 2.24) is 0 Å². The molecule has 2 aromatic rings. The first kappa shape index (κ1) is 12.6. The molecule has 0 aliphatic carbocycles. The molecular formula is C16H16O2S. The molecule has 0 spiro atoms. The molecule has 1 aliphatic heterocycles. The van der Waals surface area contributed by atoms with Gasteiger partial charge in [0.25, 0.3) is 0 Å². The zero-order chi connectivity index (χ0) is 13.2. The topological polar surface area (TPSA) is 40.5 Å². The number of aliphatic hydroxyl groups is 1. The third kappa shape index (κ3) is 2.62. The van der Waals surface area contributed by atoms with Crippen molar-refractivity contribution in [1.29, 1.82) is 0 Å². The molecule has 2 atom stereocenters. The van der Waals surface area contributed by atoms with Crippen molar-refractivity contribution in [3.05, 3.63) is 59.7 Å². The fraction of sp³-hybridized carbons (Fsp3) is 0.250. The number of thioether (sulfide) groups is 1. The van der Waals surface area contributed by atoms with Gasteiger partial charge in [-0.15, -0.1) is 0 Å². The molecule has 19 heavy (non-hydrogen) atoms. The van der Waals surface area contributed by atoms with Gasteiger partial charge in [0.2, 0.25) is 0 Å². The molecule has 1 heterocycles. The first-order valence-corrected chi connectivity index (χ1v) is 7.34. The molecule has 3 rings (SSSR count). The first-order chi connectivity index (χ1) is 9.24. The summed E-state index contributed by atoms with van der Waals surface area (Å²) in [6.45, 7) is 0. The second-order valence-electron chi connectivity index (χ2n) is 4.83. The molecular weight excluding hydrogens is 256 g/mol. The predicted octanol–water partition coefficient (Wildman–Crippen LogP) is 3.73. The Labute approximate surface area is 117 Å². The Morgan fingerprint density at radius 3 is 2.47 bits per heavy atom. The standard InChI is InChI=1S/C16H16O2S/c17-12-7-5-11(6-8-12)13-9-10-16(18)19-15-4-2-1-3-14(13)15/h1-8,13,16-18H,9-10H2. The van der Waals surface area contributed by atoms with E-state index in [2.05, 4.69) is 12.1 Å². The van der Waals surface area contributed by atoms with E-state index < -0.39 is 0 Å². The molecule has 2 unspecified atom stereocenters. The molecule has 0 bridgehead atoms. The lowest BCUT2D eigenvalue weighted by Gasteiger charge is -2.17. The average Bonchev–Trinajstić information content (AvgIpc) is 2.58. The first-order valence-electron chi connectivity index (χ1n) is 6.46. The number of phenolic OH excluding ortho intramolecular Hbond substituents is 1. The lowest BCUT2D eigenvalue weighted by molar-refractivity contribution is 0.249. The number of aromatic hydroxyl groups is 1. The Morgan fingerprint density at radius 2 is 1.68 bits per heavy atom. The molecule has 2 nitrogen and oxygen atoms in total. The number of hydrogen-bond donors (Lipinski definition) is 2. The summed E-state index contributed by atoms with van der Waals surface area (Å²) in [5.74, 6) is 0.585. The van der Waals surface area contributed by atoms with E-state index in [4.69, 9.17) is 0 Å². The van der Waals surface area contributed by atoms with Crippen molar-refractivity contribution in [2.45, 2.75) is 29.1 Å². The van der Waals surface area contributed by atoms with Crippen molar-refractivity contribution in [3.8, 4) is 5.75 Å². The van der Waals surface area contributed by atoms with Crippen LogP contribution in [-0.2, 0) is 0 Å². The van der Waals surface area contributed by atoms with Crippen LogP contribution in [0.2, 0.25) is 0 Å². The van der Waals surface area contributed by atoms with E-state index in [0.717, 1.165) is 17.7 Å². The van der Waals surface area contributed by atoms with Gasteiger partial charge in [0.15, 0.2) is 0 Å². The Balaban J connectivity index is 2.04. The lowest BCUT2D eigenvalue weighted by atomic mass is 9.87. The Morgan fingerprint density at radius 1 is 0.947 bits per heavy atom. The SMILES string of the molecule is Oc1ccc(C2CCC(O)Sc3ccccc32)cc1. The van der Waals surface area contributed by atoms with Gasteiger partial charge in [-0.25, -0.2) is 0 Å². The Bertz CT molecular complexity index is 565. The van der Waals surface area contributed by atoms with Crippen molar-refractivity contribution < 1.29 is 10.2 Å². The summed E-state index contributed by atoms with van der Waals surface area (Å²) in [5.41, 5.74) is 2.14. The number of hydrogen-bond acceptors (Lipinski definition) is 3. The third-order valence-corrected chi connectivity index (χ3v) is 4.69. The third-order valence-electron chi connectivity index (χ3n) is 3.56. The minimum atomic E-state index is -0.330. The second-order valence-corrected chi connectivity index (χ2v) is 6.05. The molecule has 0 saturated carbocycles. The van der Waals surface area contributed by atoms with Crippen molar-refractivity contribution in [2.24, 2.45) is 0 Å². The highest BCUT2D eigenvalue weighted by atomic mass is 32.2. The molecule has 98 valence electrons. The second kappa shape index (κ2) is 5.27. The Kier molecular flexibility index (Phi) is 3.49. The van der Waals surface area contributed by atoms with Crippen molar-refractivity contribution in [3.63, 3.8) is 0 Å². The van der Waals surface area contributed by atoms with E-state index in [1.807, 2.05) is 24.3 Å². The number of benzene rings is 2. The summed E-state index contributed by atoms with van der Waals surface area (Å²) in [6.07, 6.45) is 1.71. The van der Waals surface area contributed by atoms with Crippen LogP contribution in [0.15, 0.2) is 53.4 Å². The highest BCUT2D eigenvalue weighted by molar-refractivity contribution is 7.99. The lowest BCUT2D eigenvalue weighted by Crippen LogP contribution is -2.02. The number of fused-ring (bicyclic) bond motifs is 1. The molecule has 0 aromatic heterocycles. The maximum atomic E-state index is 9.97. The molecule has 2 N–H and O–H groups in total. The number of rotatable bonds is 1. The van der Waals surface area contributed by atoms with Crippen LogP contribution in [0.5, 0.6) is 5.75 Å². The van der Waals surface area contributed by atoms with E-state index in [1.54, 1.807) is 23.9 Å². The van der Waals surface area contributed by atoms with Crippen molar-refractivity contribution in [2.75, 3.05) is 0 Å². The van der Waals surface area contributed by atoms with Gasteiger partial charge in [-0.2, -0.15) is 0 Å². The Hall–Kier alpha value is -1.45. The van der Waals surface area contributed by atoms with E-state index in [9.17, 15) is 10.2 Å². The summed E-state index contributed by atoms with van der Waals surface area (Å²) in [6, 6.07) is 15.7. The summed E-state index contributed by atoms with van der Waals surface area (Å²) in [7, 11) is 0. The minimum absolute atomic E-state index is 0.292. The van der Waals surface area contributed by atoms with Gasteiger partial charge < -0.3 is 10.2 Å². The molecule has 0 fully saturated rings. The van der Waals surface area contributed by atoms with Gasteiger partial charge in [-0.05, 0) is 42.2 Å². The van der Waals surface area contributed by atoms with Crippen LogP contribution >= 0.6 is 11.8 Å². The van der Waals surface area contributed by atoms with Crippen LogP contribution in [0.1, 0.15) is 29.9 Å². The molecule has 0 saturated heterocycles. The highest BCUT2D eigenvalue weighted by Crippen LogP contribution is 2.41. The van der Waals surface area contributed by atoms with Gasteiger partial charge in [0.1, 0.15) is 11.2 Å². The smallest absolute Gasteiger partial charge is 0.115 e. The highest BCUT2D eigenvalue weighted by Gasteiger charge is 2.24. The van der Waals surface area contributed by atoms with Crippen LogP contribution in [0.3, 0.4) is 0 Å². The van der Waals surface area contributed by atoms with Gasteiger partial charge in [-0.1, -0.05) is 42.1 Å². The van der Waals surface area contributed by atoms with Crippen LogP contribution in [0.25, 0.3) is 0 Å². The van der Waals surface area contributed by atoms with E-state index in [0.29, 0.717) is 11.7 Å². The maximum Gasteiger partial charge on any atom is 0.115 e. The summed E-state index contributed by atoms with van der Waals surface area (Å²) in [4.78, 5) is 1.16. The van der Waals surface area contributed by atoms with Crippen LogP contribution in [0, 0.1) is 0 Å². The van der Waals surface area contributed by atoms with Gasteiger partial charge >= 0.3 is 0 Å². The molecule has 0 amide bonds. The fourth-order valence-corrected chi connectivity index (χ4v) is 3.65. The summed E-state index contributed by atoms with van der Waals surface area (Å²) in [5, 5.41) is 19.4. The molecule has 2 aromatic carbocycles. The monoisotopic (exact) mass is 272 g/mol. The van der Waals surface area contributed by atoms with Crippen LogP contribution in [-0.4, -0.2) is 15.6 Å².